The Kier molecular flexibility index (Phi) is 3.75. The highest BCUT2D eigenvalue weighted by Crippen LogP contribution is 2.15. The Labute approximate surface area is 79.1 Å². The van der Waals surface area contributed by atoms with Gasteiger partial charge in [-0.15, -0.1) is 0 Å². The molecule has 0 aromatic carbocycles. The summed E-state index contributed by atoms with van der Waals surface area (Å²) >= 11 is 5.13. The normalized spacial score (nSPS) is 22.8. The van der Waals surface area contributed by atoms with Gasteiger partial charge in [0.05, 0.1) is 6.61 Å². The maximum Gasteiger partial charge on any atom is 0.168 e. The van der Waals surface area contributed by atoms with E-state index in [9.17, 15) is 0 Å². The molecule has 0 amide bonds. The zero-order chi connectivity index (χ0) is 8.97. The minimum atomic E-state index is 0.654. The number of ether oxygens (including phenoxy) is 1. The molecule has 0 saturated carbocycles. The van der Waals surface area contributed by atoms with Crippen molar-refractivity contribution in [3.8, 4) is 0 Å². The van der Waals surface area contributed by atoms with Crippen molar-refractivity contribution < 1.29 is 4.74 Å². The average molecular weight is 188 g/mol. The molecule has 0 aromatic heterocycles. The van der Waals surface area contributed by atoms with Crippen LogP contribution in [0, 0.1) is 5.92 Å². The van der Waals surface area contributed by atoms with Gasteiger partial charge in [-0.25, -0.2) is 0 Å². The molecule has 1 rings (SSSR count). The van der Waals surface area contributed by atoms with Gasteiger partial charge >= 0.3 is 0 Å². The van der Waals surface area contributed by atoms with Gasteiger partial charge in [-0.1, -0.05) is 0 Å². The largest absolute Gasteiger partial charge is 0.384 e. The standard InChI is InChI=1S/C8H16N2OS/c1-9-8(12)10-4-3-7(5-10)6-11-2/h7H,3-6H2,1-2H3,(H,9,12). The van der Waals surface area contributed by atoms with Crippen molar-refractivity contribution in [2.45, 2.75) is 6.42 Å². The first kappa shape index (κ1) is 9.74. The highest BCUT2D eigenvalue weighted by atomic mass is 32.1. The van der Waals surface area contributed by atoms with Crippen LogP contribution in [0.4, 0.5) is 0 Å². The van der Waals surface area contributed by atoms with Crippen LogP contribution in [0.15, 0.2) is 0 Å². The van der Waals surface area contributed by atoms with Gasteiger partial charge in [-0.2, -0.15) is 0 Å². The lowest BCUT2D eigenvalue weighted by molar-refractivity contribution is 0.157. The van der Waals surface area contributed by atoms with E-state index >= 15 is 0 Å². The van der Waals surface area contributed by atoms with E-state index in [-0.39, 0.29) is 0 Å². The SMILES string of the molecule is CNC(=S)N1CCC(COC)C1. The summed E-state index contributed by atoms with van der Waals surface area (Å²) in [4.78, 5) is 2.19. The summed E-state index contributed by atoms with van der Waals surface area (Å²) in [5, 5.41) is 3.84. The van der Waals surface area contributed by atoms with Crippen LogP contribution in [0.1, 0.15) is 6.42 Å². The number of methoxy groups -OCH3 is 1. The van der Waals surface area contributed by atoms with Crippen molar-refractivity contribution in [2.24, 2.45) is 5.92 Å². The van der Waals surface area contributed by atoms with E-state index in [0.717, 1.165) is 24.8 Å². The topological polar surface area (TPSA) is 24.5 Å². The molecule has 12 heavy (non-hydrogen) atoms. The van der Waals surface area contributed by atoms with E-state index in [1.165, 1.54) is 6.42 Å². The molecule has 0 aromatic rings. The quantitative estimate of drug-likeness (QED) is 0.636. The highest BCUT2D eigenvalue weighted by molar-refractivity contribution is 7.80. The lowest BCUT2D eigenvalue weighted by Gasteiger charge is -2.18. The fourth-order valence-corrected chi connectivity index (χ4v) is 1.71. The summed E-state index contributed by atoms with van der Waals surface area (Å²) in [5.41, 5.74) is 0. The number of hydrogen-bond donors (Lipinski definition) is 1. The van der Waals surface area contributed by atoms with Gasteiger partial charge < -0.3 is 15.0 Å². The van der Waals surface area contributed by atoms with Gasteiger partial charge in [-0.05, 0) is 18.6 Å². The number of nitrogens with one attached hydrogen (secondary N) is 1. The molecule has 0 bridgehead atoms. The molecule has 1 atom stereocenters. The minimum absolute atomic E-state index is 0.654. The van der Waals surface area contributed by atoms with Gasteiger partial charge in [0.1, 0.15) is 0 Å². The van der Waals surface area contributed by atoms with Crippen LogP contribution in [-0.2, 0) is 4.74 Å². The number of thiocarbonyl (C=S) groups is 1. The summed E-state index contributed by atoms with van der Waals surface area (Å²) in [5.74, 6) is 0.654. The number of hydrogen-bond acceptors (Lipinski definition) is 2. The molecule has 1 N–H and O–H groups in total. The molecule has 0 spiro atoms. The van der Waals surface area contributed by atoms with Gasteiger partial charge in [-0.3, -0.25) is 0 Å². The average Bonchev–Trinajstić information content (AvgIpc) is 2.52. The Balaban J connectivity index is 2.30. The molecule has 3 nitrogen and oxygen atoms in total. The summed E-state index contributed by atoms with van der Waals surface area (Å²) < 4.78 is 5.10. The van der Waals surface area contributed by atoms with Gasteiger partial charge in [0.25, 0.3) is 0 Å². The van der Waals surface area contributed by atoms with Crippen LogP contribution >= 0.6 is 12.2 Å². The Morgan fingerprint density at radius 3 is 3.08 bits per heavy atom. The molecule has 70 valence electrons. The van der Waals surface area contributed by atoms with Crippen molar-refractivity contribution in [1.82, 2.24) is 10.2 Å². The van der Waals surface area contributed by atoms with Crippen LogP contribution in [0.25, 0.3) is 0 Å². The van der Waals surface area contributed by atoms with E-state index < -0.39 is 0 Å². The monoisotopic (exact) mass is 188 g/mol. The summed E-state index contributed by atoms with van der Waals surface area (Å²) in [6.45, 7) is 2.95. The fraction of sp³-hybridized carbons (Fsp3) is 0.875. The predicted octanol–water partition coefficient (Wildman–Crippen LogP) is 0.459. The van der Waals surface area contributed by atoms with E-state index in [4.69, 9.17) is 17.0 Å². The van der Waals surface area contributed by atoms with Crippen LogP contribution in [0.5, 0.6) is 0 Å². The zero-order valence-corrected chi connectivity index (χ0v) is 8.49. The zero-order valence-electron chi connectivity index (χ0n) is 7.67. The first-order chi connectivity index (χ1) is 5.77. The lowest BCUT2D eigenvalue weighted by Crippen LogP contribution is -2.36. The van der Waals surface area contributed by atoms with Gasteiger partial charge in [0, 0.05) is 33.2 Å². The van der Waals surface area contributed by atoms with Crippen LogP contribution in [0.3, 0.4) is 0 Å². The van der Waals surface area contributed by atoms with Crippen molar-refractivity contribution in [3.05, 3.63) is 0 Å². The second-order valence-electron chi connectivity index (χ2n) is 3.11. The first-order valence-electron chi connectivity index (χ1n) is 4.23. The smallest absolute Gasteiger partial charge is 0.168 e. The molecule has 0 aliphatic carbocycles. The molecule has 1 aliphatic rings. The Hall–Kier alpha value is -0.350. The third-order valence-corrected chi connectivity index (χ3v) is 2.65. The summed E-state index contributed by atoms with van der Waals surface area (Å²) in [6.07, 6.45) is 1.19. The van der Waals surface area contributed by atoms with Gasteiger partial charge in [0.2, 0.25) is 0 Å². The summed E-state index contributed by atoms with van der Waals surface area (Å²) in [6, 6.07) is 0. The van der Waals surface area contributed by atoms with Crippen molar-refractivity contribution in [1.29, 1.82) is 0 Å². The second-order valence-corrected chi connectivity index (χ2v) is 3.50. The third kappa shape index (κ3) is 2.32. The van der Waals surface area contributed by atoms with E-state index in [1.807, 2.05) is 7.05 Å². The Morgan fingerprint density at radius 2 is 2.50 bits per heavy atom. The molecule has 0 radical (unpaired) electrons. The Bertz CT molecular complexity index is 163. The number of nitrogens with zero attached hydrogens (tertiary/aromatic N) is 1. The maximum absolute atomic E-state index is 5.13. The molecular formula is C8H16N2OS. The van der Waals surface area contributed by atoms with Crippen molar-refractivity contribution >= 4 is 17.3 Å². The van der Waals surface area contributed by atoms with Crippen LogP contribution < -0.4 is 5.32 Å². The molecule has 1 aliphatic heterocycles. The molecule has 1 unspecified atom stereocenters. The minimum Gasteiger partial charge on any atom is -0.384 e. The van der Waals surface area contributed by atoms with Crippen LogP contribution in [-0.4, -0.2) is 43.9 Å². The molecule has 1 heterocycles. The Morgan fingerprint density at radius 1 is 1.75 bits per heavy atom. The summed E-state index contributed by atoms with van der Waals surface area (Å²) in [7, 11) is 3.62. The number of likely N-dealkylation sites (tertiary alicyclic amines) is 1. The molecule has 4 heteroatoms. The van der Waals surface area contributed by atoms with Crippen molar-refractivity contribution in [3.63, 3.8) is 0 Å². The van der Waals surface area contributed by atoms with Crippen LogP contribution in [0.2, 0.25) is 0 Å². The van der Waals surface area contributed by atoms with E-state index in [2.05, 4.69) is 10.2 Å². The lowest BCUT2D eigenvalue weighted by atomic mass is 10.1. The third-order valence-electron chi connectivity index (χ3n) is 2.19. The fourth-order valence-electron chi connectivity index (χ4n) is 1.55. The van der Waals surface area contributed by atoms with E-state index in [0.29, 0.717) is 5.92 Å². The molecule has 1 fully saturated rings. The highest BCUT2D eigenvalue weighted by Gasteiger charge is 2.23. The van der Waals surface area contributed by atoms with Gasteiger partial charge in [0.15, 0.2) is 5.11 Å². The molecule has 1 saturated heterocycles. The first-order valence-corrected chi connectivity index (χ1v) is 4.64. The number of rotatable bonds is 2. The predicted molar refractivity (Wildman–Crippen MR) is 53.2 cm³/mol. The van der Waals surface area contributed by atoms with E-state index in [1.54, 1.807) is 7.11 Å². The van der Waals surface area contributed by atoms with Crippen molar-refractivity contribution in [2.75, 3.05) is 33.9 Å². The second kappa shape index (κ2) is 4.62. The maximum atomic E-state index is 5.13. The molecular weight excluding hydrogens is 172 g/mol.